The van der Waals surface area contributed by atoms with Crippen LogP contribution in [-0.4, -0.2) is 46.9 Å². The largest absolute Gasteiger partial charge is 0.459 e. The van der Waals surface area contributed by atoms with Gasteiger partial charge in [0.1, 0.15) is 11.6 Å². The van der Waals surface area contributed by atoms with Crippen molar-refractivity contribution in [3.05, 3.63) is 78.1 Å². The van der Waals surface area contributed by atoms with Gasteiger partial charge in [-0.1, -0.05) is 41.6 Å². The van der Waals surface area contributed by atoms with Crippen LogP contribution in [0.5, 0.6) is 0 Å². The van der Waals surface area contributed by atoms with Crippen LogP contribution in [0.2, 0.25) is 0 Å². The molecule has 190 valence electrons. The Kier molecular flexibility index (Phi) is 9.05. The van der Waals surface area contributed by atoms with Crippen molar-refractivity contribution in [3.63, 3.8) is 0 Å². The molecule has 0 atom stereocenters. The van der Waals surface area contributed by atoms with Crippen molar-refractivity contribution in [2.75, 3.05) is 11.1 Å². The number of carbonyl (C=O) groups excluding carboxylic acids is 2. The number of benzene rings is 2. The van der Waals surface area contributed by atoms with E-state index < -0.39 is 15.8 Å². The molecule has 0 aliphatic carbocycles. The predicted octanol–water partition coefficient (Wildman–Crippen LogP) is 4.04. The number of amides is 1. The van der Waals surface area contributed by atoms with Crippen molar-refractivity contribution in [1.82, 2.24) is 14.8 Å². The van der Waals surface area contributed by atoms with Gasteiger partial charge in [0.2, 0.25) is 5.91 Å². The van der Waals surface area contributed by atoms with E-state index in [0.29, 0.717) is 16.4 Å². The first-order chi connectivity index (χ1) is 17.1. The molecule has 36 heavy (non-hydrogen) atoms. The molecule has 11 heteroatoms. The SMILES string of the molecule is C=CCn1c(CS(=O)(=O)c2ccc(C)cc2)nnc1SCC(=O)Nc1cccc(C(=O)OC(C)C)c1. The number of hydrogen-bond acceptors (Lipinski definition) is 8. The lowest BCUT2D eigenvalue weighted by atomic mass is 10.2. The number of ether oxygens (including phenoxy) is 1. The summed E-state index contributed by atoms with van der Waals surface area (Å²) in [7, 11) is -3.63. The van der Waals surface area contributed by atoms with Gasteiger partial charge >= 0.3 is 5.97 Å². The number of anilines is 1. The van der Waals surface area contributed by atoms with Crippen molar-refractivity contribution in [2.45, 2.75) is 49.2 Å². The number of hydrogen-bond donors (Lipinski definition) is 1. The van der Waals surface area contributed by atoms with E-state index in [9.17, 15) is 18.0 Å². The van der Waals surface area contributed by atoms with Crippen LogP contribution in [0.25, 0.3) is 0 Å². The lowest BCUT2D eigenvalue weighted by molar-refractivity contribution is -0.113. The highest BCUT2D eigenvalue weighted by Gasteiger charge is 2.22. The third-order valence-corrected chi connectivity index (χ3v) is 7.46. The molecule has 0 saturated heterocycles. The average Bonchev–Trinajstić information content (AvgIpc) is 3.18. The summed E-state index contributed by atoms with van der Waals surface area (Å²) in [6, 6.07) is 13.1. The normalized spacial score (nSPS) is 11.3. The van der Waals surface area contributed by atoms with E-state index in [0.717, 1.165) is 17.3 Å². The molecule has 1 heterocycles. The molecular formula is C25H28N4O5S2. The molecule has 1 N–H and O–H groups in total. The minimum absolute atomic E-state index is 0.000651. The van der Waals surface area contributed by atoms with E-state index in [1.165, 1.54) is 0 Å². The second kappa shape index (κ2) is 12.0. The van der Waals surface area contributed by atoms with E-state index in [4.69, 9.17) is 4.74 Å². The first-order valence-electron chi connectivity index (χ1n) is 11.1. The Labute approximate surface area is 214 Å². The summed E-state index contributed by atoms with van der Waals surface area (Å²) in [6.07, 6.45) is 1.36. The molecule has 0 fully saturated rings. The van der Waals surface area contributed by atoms with Crippen LogP contribution in [0.15, 0.2) is 71.2 Å². The summed E-state index contributed by atoms with van der Waals surface area (Å²) >= 11 is 1.12. The number of nitrogens with one attached hydrogen (secondary N) is 1. The van der Waals surface area contributed by atoms with Gasteiger partial charge in [-0.05, 0) is 51.1 Å². The summed E-state index contributed by atoms with van der Waals surface area (Å²) in [5, 5.41) is 11.3. The molecule has 2 aromatic carbocycles. The number of allylic oxidation sites excluding steroid dienone is 1. The molecule has 0 bridgehead atoms. The van der Waals surface area contributed by atoms with Gasteiger partial charge in [-0.3, -0.25) is 4.79 Å². The molecule has 1 aromatic heterocycles. The lowest BCUT2D eigenvalue weighted by Gasteiger charge is -2.10. The van der Waals surface area contributed by atoms with E-state index in [1.807, 2.05) is 6.92 Å². The molecule has 3 aromatic rings. The Morgan fingerprint density at radius 1 is 1.17 bits per heavy atom. The third-order valence-electron chi connectivity index (χ3n) is 4.86. The molecule has 0 radical (unpaired) electrons. The summed E-state index contributed by atoms with van der Waals surface area (Å²) in [5.41, 5.74) is 1.75. The number of nitrogens with zero attached hydrogens (tertiary/aromatic N) is 3. The standard InChI is InChI=1S/C25H28N4O5S2/c1-5-13-29-22(16-36(32,33)21-11-9-18(4)10-12-21)27-28-25(29)35-15-23(30)26-20-8-6-7-19(14-20)24(31)34-17(2)3/h5-12,14,17H,1,13,15-16H2,2-4H3,(H,26,30). The van der Waals surface area contributed by atoms with E-state index in [1.54, 1.807) is 73.0 Å². The number of aryl methyl sites for hydroxylation is 1. The number of aromatic nitrogens is 3. The average molecular weight is 529 g/mol. The van der Waals surface area contributed by atoms with Crippen molar-refractivity contribution in [2.24, 2.45) is 0 Å². The molecule has 9 nitrogen and oxygen atoms in total. The molecule has 0 unspecified atom stereocenters. The minimum Gasteiger partial charge on any atom is -0.459 e. The Balaban J connectivity index is 1.67. The van der Waals surface area contributed by atoms with E-state index in [-0.39, 0.29) is 40.8 Å². The van der Waals surface area contributed by atoms with Crippen LogP contribution in [-0.2, 0) is 31.7 Å². The zero-order valence-corrected chi connectivity index (χ0v) is 21.9. The number of sulfone groups is 1. The van der Waals surface area contributed by atoms with Gasteiger partial charge < -0.3 is 14.6 Å². The quantitative estimate of drug-likeness (QED) is 0.225. The second-order valence-electron chi connectivity index (χ2n) is 8.24. The van der Waals surface area contributed by atoms with Gasteiger partial charge in [0.05, 0.1) is 22.3 Å². The second-order valence-corrected chi connectivity index (χ2v) is 11.2. The minimum atomic E-state index is -3.63. The van der Waals surface area contributed by atoms with Gasteiger partial charge in [0.25, 0.3) is 0 Å². The number of rotatable bonds is 11. The predicted molar refractivity (Wildman–Crippen MR) is 139 cm³/mol. The maximum atomic E-state index is 12.9. The Morgan fingerprint density at radius 3 is 2.56 bits per heavy atom. The zero-order chi connectivity index (χ0) is 26.3. The Morgan fingerprint density at radius 2 is 1.89 bits per heavy atom. The molecule has 0 aliphatic rings. The summed E-state index contributed by atoms with van der Waals surface area (Å²) in [4.78, 5) is 24.8. The third kappa shape index (κ3) is 7.28. The fourth-order valence-electron chi connectivity index (χ4n) is 3.18. The van der Waals surface area contributed by atoms with Crippen molar-refractivity contribution < 1.29 is 22.7 Å². The molecule has 0 saturated carbocycles. The Hall–Kier alpha value is -3.44. The van der Waals surface area contributed by atoms with Crippen LogP contribution in [0, 0.1) is 6.92 Å². The van der Waals surface area contributed by atoms with Crippen LogP contribution in [0.1, 0.15) is 35.6 Å². The molecule has 0 spiro atoms. The summed E-state index contributed by atoms with van der Waals surface area (Å²) < 4.78 is 32.6. The van der Waals surface area contributed by atoms with Crippen LogP contribution >= 0.6 is 11.8 Å². The topological polar surface area (TPSA) is 120 Å². The molecule has 1 amide bonds. The van der Waals surface area contributed by atoms with Crippen molar-refractivity contribution >= 4 is 39.2 Å². The summed E-state index contributed by atoms with van der Waals surface area (Å²) in [5.74, 6) is -0.865. The maximum Gasteiger partial charge on any atom is 0.338 e. The monoisotopic (exact) mass is 528 g/mol. The maximum absolute atomic E-state index is 12.9. The van der Waals surface area contributed by atoms with E-state index in [2.05, 4.69) is 22.1 Å². The zero-order valence-electron chi connectivity index (χ0n) is 20.3. The van der Waals surface area contributed by atoms with Gasteiger partial charge in [0, 0.05) is 12.2 Å². The van der Waals surface area contributed by atoms with Crippen LogP contribution < -0.4 is 5.32 Å². The molecule has 3 rings (SSSR count). The fourth-order valence-corrected chi connectivity index (χ4v) is 5.21. The molecule has 0 aliphatic heterocycles. The fraction of sp³-hybridized carbons (Fsp3) is 0.280. The molecular weight excluding hydrogens is 500 g/mol. The number of carbonyl (C=O) groups is 2. The van der Waals surface area contributed by atoms with Gasteiger partial charge in [-0.2, -0.15) is 0 Å². The number of esters is 1. The van der Waals surface area contributed by atoms with Crippen LogP contribution in [0.4, 0.5) is 5.69 Å². The highest BCUT2D eigenvalue weighted by molar-refractivity contribution is 7.99. The van der Waals surface area contributed by atoms with Crippen molar-refractivity contribution in [3.8, 4) is 0 Å². The van der Waals surface area contributed by atoms with Gasteiger partial charge in [-0.15, -0.1) is 16.8 Å². The van der Waals surface area contributed by atoms with Gasteiger partial charge in [0.15, 0.2) is 15.0 Å². The highest BCUT2D eigenvalue weighted by Crippen LogP contribution is 2.22. The Bertz CT molecular complexity index is 1350. The number of thioether (sulfide) groups is 1. The first kappa shape index (κ1) is 27.2. The van der Waals surface area contributed by atoms with Crippen LogP contribution in [0.3, 0.4) is 0 Å². The highest BCUT2D eigenvalue weighted by atomic mass is 32.2. The van der Waals surface area contributed by atoms with E-state index >= 15 is 0 Å². The first-order valence-corrected chi connectivity index (χ1v) is 13.8. The lowest BCUT2D eigenvalue weighted by Crippen LogP contribution is -2.16. The smallest absolute Gasteiger partial charge is 0.338 e. The van der Waals surface area contributed by atoms with Gasteiger partial charge in [-0.25, -0.2) is 13.2 Å². The summed E-state index contributed by atoms with van der Waals surface area (Å²) in [6.45, 7) is 9.41. The van der Waals surface area contributed by atoms with Crippen molar-refractivity contribution in [1.29, 1.82) is 0 Å².